The molecule has 0 aliphatic rings. The van der Waals surface area contributed by atoms with E-state index in [1.165, 1.54) is 0 Å². The van der Waals surface area contributed by atoms with Gasteiger partial charge in [0.1, 0.15) is 6.04 Å². The minimum Gasteiger partial charge on any atom is -0.349 e. The number of hydrogen-bond donors (Lipinski definition) is 1. The second-order valence-electron chi connectivity index (χ2n) is 4.94. The van der Waals surface area contributed by atoms with Crippen LogP contribution in [0, 0.1) is 13.8 Å². The molecule has 1 N–H and O–H groups in total. The monoisotopic (exact) mass is 275 g/mol. The van der Waals surface area contributed by atoms with Crippen molar-refractivity contribution in [2.24, 2.45) is 0 Å². The van der Waals surface area contributed by atoms with Gasteiger partial charge in [-0.3, -0.25) is 9.48 Å². The maximum absolute atomic E-state index is 12.2. The van der Waals surface area contributed by atoms with Gasteiger partial charge >= 0.3 is 0 Å². The van der Waals surface area contributed by atoms with Crippen molar-refractivity contribution in [1.29, 1.82) is 0 Å². The van der Waals surface area contributed by atoms with Gasteiger partial charge in [-0.2, -0.15) is 5.10 Å². The molecule has 1 amide bonds. The SMILES string of the molecule is CCn1cncc1CNC(=O)[C@H](C)n1nc(C)cc1C. The molecule has 20 heavy (non-hydrogen) atoms. The summed E-state index contributed by atoms with van der Waals surface area (Å²) in [5, 5.41) is 7.28. The summed E-state index contributed by atoms with van der Waals surface area (Å²) < 4.78 is 3.76. The molecule has 0 saturated carbocycles. The average molecular weight is 275 g/mol. The summed E-state index contributed by atoms with van der Waals surface area (Å²) in [4.78, 5) is 16.3. The molecule has 1 atom stereocenters. The van der Waals surface area contributed by atoms with Crippen LogP contribution in [0.5, 0.6) is 0 Å². The zero-order valence-corrected chi connectivity index (χ0v) is 12.4. The van der Waals surface area contributed by atoms with E-state index in [9.17, 15) is 4.79 Å². The molecule has 0 saturated heterocycles. The standard InChI is InChI=1S/C14H21N5O/c1-5-18-9-15-7-13(18)8-16-14(20)12(4)19-11(3)6-10(2)17-19/h6-7,9,12H,5,8H2,1-4H3,(H,16,20)/t12-/m0/s1. The third-order valence-electron chi connectivity index (χ3n) is 3.37. The zero-order chi connectivity index (χ0) is 14.7. The summed E-state index contributed by atoms with van der Waals surface area (Å²) in [6, 6.07) is 1.65. The number of amides is 1. The Morgan fingerprint density at radius 1 is 1.45 bits per heavy atom. The van der Waals surface area contributed by atoms with Crippen LogP contribution in [0.3, 0.4) is 0 Å². The first-order valence-electron chi connectivity index (χ1n) is 6.82. The van der Waals surface area contributed by atoms with Gasteiger partial charge < -0.3 is 9.88 Å². The molecule has 2 aromatic rings. The first kappa shape index (κ1) is 14.3. The zero-order valence-electron chi connectivity index (χ0n) is 12.4. The van der Waals surface area contributed by atoms with Crippen molar-refractivity contribution >= 4 is 5.91 Å². The lowest BCUT2D eigenvalue weighted by atomic mass is 10.3. The molecule has 0 spiro atoms. The number of nitrogens with one attached hydrogen (secondary N) is 1. The Morgan fingerprint density at radius 2 is 2.20 bits per heavy atom. The average Bonchev–Trinajstić information content (AvgIpc) is 3.00. The smallest absolute Gasteiger partial charge is 0.244 e. The summed E-state index contributed by atoms with van der Waals surface area (Å²) in [5.74, 6) is -0.0416. The maximum atomic E-state index is 12.2. The Morgan fingerprint density at radius 3 is 2.80 bits per heavy atom. The Hall–Kier alpha value is -2.11. The molecule has 0 radical (unpaired) electrons. The highest BCUT2D eigenvalue weighted by molar-refractivity contribution is 5.79. The number of nitrogens with zero attached hydrogens (tertiary/aromatic N) is 4. The van der Waals surface area contributed by atoms with Gasteiger partial charge in [-0.25, -0.2) is 4.98 Å². The first-order chi connectivity index (χ1) is 9.52. The summed E-state index contributed by atoms with van der Waals surface area (Å²) in [6.45, 7) is 9.11. The lowest BCUT2D eigenvalue weighted by Gasteiger charge is -2.14. The van der Waals surface area contributed by atoms with Gasteiger partial charge in [-0.15, -0.1) is 0 Å². The second kappa shape index (κ2) is 5.90. The molecule has 6 nitrogen and oxygen atoms in total. The van der Waals surface area contributed by atoms with E-state index >= 15 is 0 Å². The van der Waals surface area contributed by atoms with Crippen molar-refractivity contribution in [3.8, 4) is 0 Å². The molecular weight excluding hydrogens is 254 g/mol. The molecule has 2 aromatic heterocycles. The van der Waals surface area contributed by atoms with Crippen LogP contribution in [0.2, 0.25) is 0 Å². The molecule has 0 aromatic carbocycles. The molecule has 2 heterocycles. The van der Waals surface area contributed by atoms with Gasteiger partial charge in [0.2, 0.25) is 5.91 Å². The predicted molar refractivity (Wildman–Crippen MR) is 76.2 cm³/mol. The van der Waals surface area contributed by atoms with E-state index in [2.05, 4.69) is 15.4 Å². The van der Waals surface area contributed by atoms with Crippen LogP contribution in [0.4, 0.5) is 0 Å². The van der Waals surface area contributed by atoms with Gasteiger partial charge in [0.25, 0.3) is 0 Å². The highest BCUT2D eigenvalue weighted by atomic mass is 16.2. The van der Waals surface area contributed by atoms with Crippen molar-refractivity contribution in [3.63, 3.8) is 0 Å². The van der Waals surface area contributed by atoms with Crippen LogP contribution in [0.25, 0.3) is 0 Å². The number of carbonyl (C=O) groups is 1. The van der Waals surface area contributed by atoms with Gasteiger partial charge in [0.05, 0.1) is 24.3 Å². The largest absolute Gasteiger partial charge is 0.349 e. The van der Waals surface area contributed by atoms with Gasteiger partial charge in [-0.1, -0.05) is 0 Å². The number of imidazole rings is 1. The van der Waals surface area contributed by atoms with E-state index in [1.54, 1.807) is 17.2 Å². The highest BCUT2D eigenvalue weighted by Crippen LogP contribution is 2.11. The molecule has 0 fully saturated rings. The fraction of sp³-hybridized carbons (Fsp3) is 0.500. The van der Waals surface area contributed by atoms with Crippen molar-refractivity contribution in [3.05, 3.63) is 35.7 Å². The third-order valence-corrected chi connectivity index (χ3v) is 3.37. The van der Waals surface area contributed by atoms with Crippen LogP contribution in [0.15, 0.2) is 18.6 Å². The Bertz CT molecular complexity index is 598. The number of aryl methyl sites for hydroxylation is 3. The minimum atomic E-state index is -0.318. The molecule has 0 aliphatic carbocycles. The first-order valence-corrected chi connectivity index (χ1v) is 6.82. The van der Waals surface area contributed by atoms with E-state index in [0.29, 0.717) is 6.54 Å². The van der Waals surface area contributed by atoms with Crippen LogP contribution in [0.1, 0.15) is 37.0 Å². The fourth-order valence-electron chi connectivity index (χ4n) is 2.25. The lowest BCUT2D eigenvalue weighted by molar-refractivity contribution is -0.124. The van der Waals surface area contributed by atoms with E-state index in [-0.39, 0.29) is 11.9 Å². The maximum Gasteiger partial charge on any atom is 0.244 e. The number of rotatable bonds is 5. The second-order valence-corrected chi connectivity index (χ2v) is 4.94. The van der Waals surface area contributed by atoms with Crippen molar-refractivity contribution in [2.45, 2.75) is 46.8 Å². The van der Waals surface area contributed by atoms with E-state index in [1.807, 2.05) is 38.3 Å². The highest BCUT2D eigenvalue weighted by Gasteiger charge is 2.17. The quantitative estimate of drug-likeness (QED) is 0.901. The number of hydrogen-bond acceptors (Lipinski definition) is 3. The topological polar surface area (TPSA) is 64.7 Å². The van der Waals surface area contributed by atoms with Crippen LogP contribution >= 0.6 is 0 Å². The Balaban J connectivity index is 2.00. The predicted octanol–water partition coefficient (Wildman–Crippen LogP) is 1.59. The van der Waals surface area contributed by atoms with E-state index in [4.69, 9.17) is 0 Å². The molecule has 108 valence electrons. The van der Waals surface area contributed by atoms with Crippen LogP contribution < -0.4 is 5.32 Å². The Kier molecular flexibility index (Phi) is 4.22. The van der Waals surface area contributed by atoms with Crippen molar-refractivity contribution in [2.75, 3.05) is 0 Å². The minimum absolute atomic E-state index is 0.0416. The van der Waals surface area contributed by atoms with Crippen LogP contribution in [-0.2, 0) is 17.9 Å². The van der Waals surface area contributed by atoms with Crippen LogP contribution in [-0.4, -0.2) is 25.2 Å². The van der Waals surface area contributed by atoms with E-state index in [0.717, 1.165) is 23.6 Å². The molecule has 2 rings (SSSR count). The summed E-state index contributed by atoms with van der Waals surface area (Å²) in [7, 11) is 0. The molecule has 6 heteroatoms. The molecule has 0 bridgehead atoms. The van der Waals surface area contributed by atoms with E-state index < -0.39 is 0 Å². The fourth-order valence-corrected chi connectivity index (χ4v) is 2.25. The molecular formula is C14H21N5O. The number of carbonyl (C=O) groups excluding carboxylic acids is 1. The van der Waals surface area contributed by atoms with Gasteiger partial charge in [-0.05, 0) is 33.8 Å². The summed E-state index contributed by atoms with van der Waals surface area (Å²) in [5.41, 5.74) is 2.91. The normalized spacial score (nSPS) is 12.4. The molecule has 0 unspecified atom stereocenters. The van der Waals surface area contributed by atoms with Crippen molar-refractivity contribution < 1.29 is 4.79 Å². The van der Waals surface area contributed by atoms with Gasteiger partial charge in [0.15, 0.2) is 0 Å². The summed E-state index contributed by atoms with van der Waals surface area (Å²) in [6.07, 6.45) is 3.55. The Labute approximate surface area is 118 Å². The van der Waals surface area contributed by atoms with Crippen molar-refractivity contribution in [1.82, 2.24) is 24.6 Å². The molecule has 0 aliphatic heterocycles. The van der Waals surface area contributed by atoms with Gasteiger partial charge in [0, 0.05) is 18.4 Å². The third kappa shape index (κ3) is 2.89. The number of aromatic nitrogens is 4. The summed E-state index contributed by atoms with van der Waals surface area (Å²) >= 11 is 0. The lowest BCUT2D eigenvalue weighted by Crippen LogP contribution is -2.32.